The second kappa shape index (κ2) is 13.7. The Morgan fingerprint density at radius 3 is 1.86 bits per heavy atom. The normalized spacial score (nSPS) is 8.55. The van der Waals surface area contributed by atoms with E-state index in [1.54, 1.807) is 0 Å². The van der Waals surface area contributed by atoms with Gasteiger partial charge in [-0.2, -0.15) is 0 Å². The molecule has 3 nitrogen and oxygen atoms in total. The molecule has 0 fully saturated rings. The summed E-state index contributed by atoms with van der Waals surface area (Å²) in [6.07, 6.45) is 0.440. The Hall–Kier alpha value is -2.29. The molecule has 3 heteroatoms. The Morgan fingerprint density at radius 2 is 1.45 bits per heavy atom. The molecule has 2 aromatic carbocycles. The van der Waals surface area contributed by atoms with E-state index in [0.717, 1.165) is 12.1 Å². The molecule has 0 atom stereocenters. The Balaban J connectivity index is 0.000000412. The van der Waals surface area contributed by atoms with Crippen molar-refractivity contribution in [2.75, 3.05) is 11.9 Å². The smallest absolute Gasteiger partial charge is 0.411 e. The predicted octanol–water partition coefficient (Wildman–Crippen LogP) is 5.67. The van der Waals surface area contributed by atoms with Crippen LogP contribution in [-0.2, 0) is 4.74 Å². The maximum absolute atomic E-state index is 11.0. The third kappa shape index (κ3) is 10.5. The molecule has 0 aromatic heterocycles. The zero-order valence-corrected chi connectivity index (χ0v) is 14.0. The van der Waals surface area contributed by atoms with Gasteiger partial charge in [0.1, 0.15) is 0 Å². The topological polar surface area (TPSA) is 38.3 Å². The molecule has 2 aromatic rings. The van der Waals surface area contributed by atoms with Crippen LogP contribution in [0.3, 0.4) is 0 Å². The van der Waals surface area contributed by atoms with Gasteiger partial charge in [0, 0.05) is 5.69 Å². The first kappa shape index (κ1) is 19.7. The monoisotopic (exact) mass is 301 g/mol. The molecule has 0 radical (unpaired) electrons. The molecule has 0 heterocycles. The number of nitrogens with one attached hydrogen (secondary N) is 1. The molecule has 0 aliphatic rings. The minimum atomic E-state index is -0.395. The SMILES string of the molecule is CC.CCCOC(=O)Nc1ccccc1.Cc1ccccc1. The average molecular weight is 301 g/mol. The number of carbonyl (C=O) groups is 1. The summed E-state index contributed by atoms with van der Waals surface area (Å²) in [4.78, 5) is 11.0. The zero-order valence-electron chi connectivity index (χ0n) is 14.0. The van der Waals surface area contributed by atoms with Crippen molar-refractivity contribution in [3.63, 3.8) is 0 Å². The summed E-state index contributed by atoms with van der Waals surface area (Å²) in [7, 11) is 0. The summed E-state index contributed by atoms with van der Waals surface area (Å²) >= 11 is 0. The molecular weight excluding hydrogens is 274 g/mol. The number of aryl methyl sites for hydroxylation is 1. The van der Waals surface area contributed by atoms with Crippen LogP contribution >= 0.6 is 0 Å². The van der Waals surface area contributed by atoms with Crippen LogP contribution < -0.4 is 5.32 Å². The van der Waals surface area contributed by atoms with Gasteiger partial charge in [-0.3, -0.25) is 5.32 Å². The standard InChI is InChI=1S/C10H13NO2.C7H8.C2H6/c1-2-8-13-10(12)11-9-6-4-3-5-7-9;1-7-5-3-2-4-6-7;1-2/h3-7H,2,8H2,1H3,(H,11,12);2-6H,1H3;1-2H3. The van der Waals surface area contributed by atoms with Gasteiger partial charge in [0.15, 0.2) is 0 Å². The highest BCUT2D eigenvalue weighted by Crippen LogP contribution is 2.05. The molecule has 0 saturated heterocycles. The number of ether oxygens (including phenoxy) is 1. The van der Waals surface area contributed by atoms with Crippen molar-refractivity contribution >= 4 is 11.8 Å². The van der Waals surface area contributed by atoms with Crippen molar-refractivity contribution in [2.24, 2.45) is 0 Å². The fraction of sp³-hybridized carbons (Fsp3) is 0.316. The van der Waals surface area contributed by atoms with Gasteiger partial charge in [-0.25, -0.2) is 4.79 Å². The lowest BCUT2D eigenvalue weighted by molar-refractivity contribution is 0.161. The Bertz CT molecular complexity index is 483. The number of anilines is 1. The van der Waals surface area contributed by atoms with Crippen LogP contribution in [0.1, 0.15) is 32.8 Å². The van der Waals surface area contributed by atoms with E-state index in [2.05, 4.69) is 24.4 Å². The fourth-order valence-electron chi connectivity index (χ4n) is 1.40. The van der Waals surface area contributed by atoms with Gasteiger partial charge < -0.3 is 4.74 Å². The summed E-state index contributed by atoms with van der Waals surface area (Å²) in [5.74, 6) is 0. The van der Waals surface area contributed by atoms with E-state index in [4.69, 9.17) is 4.74 Å². The second-order valence-electron chi connectivity index (χ2n) is 4.28. The molecule has 120 valence electrons. The summed E-state index contributed by atoms with van der Waals surface area (Å²) in [5, 5.41) is 2.62. The number of hydrogen-bond acceptors (Lipinski definition) is 2. The van der Waals surface area contributed by atoms with Gasteiger partial charge in [-0.15, -0.1) is 0 Å². The number of carbonyl (C=O) groups excluding carboxylic acids is 1. The summed E-state index contributed by atoms with van der Waals surface area (Å²) < 4.78 is 4.85. The molecular formula is C19H27NO2. The van der Waals surface area contributed by atoms with Gasteiger partial charge in [-0.1, -0.05) is 74.9 Å². The van der Waals surface area contributed by atoms with Crippen molar-refractivity contribution in [1.82, 2.24) is 0 Å². The van der Waals surface area contributed by atoms with E-state index in [-0.39, 0.29) is 0 Å². The van der Waals surface area contributed by atoms with E-state index < -0.39 is 6.09 Å². The Labute approximate surface area is 134 Å². The minimum absolute atomic E-state index is 0.395. The summed E-state index contributed by atoms with van der Waals surface area (Å²) in [6.45, 7) is 8.49. The van der Waals surface area contributed by atoms with Crippen molar-refractivity contribution in [1.29, 1.82) is 0 Å². The second-order valence-corrected chi connectivity index (χ2v) is 4.28. The molecule has 0 bridgehead atoms. The highest BCUT2D eigenvalue weighted by molar-refractivity contribution is 5.84. The van der Waals surface area contributed by atoms with E-state index >= 15 is 0 Å². The quantitative estimate of drug-likeness (QED) is 0.793. The molecule has 0 saturated carbocycles. The summed E-state index contributed by atoms with van der Waals surface area (Å²) in [6, 6.07) is 19.5. The first-order valence-electron chi connectivity index (χ1n) is 7.73. The molecule has 22 heavy (non-hydrogen) atoms. The molecule has 1 N–H and O–H groups in total. The molecule has 0 unspecified atom stereocenters. The summed E-state index contributed by atoms with van der Waals surface area (Å²) in [5.41, 5.74) is 2.08. The lowest BCUT2D eigenvalue weighted by Crippen LogP contribution is -2.13. The lowest BCUT2D eigenvalue weighted by atomic mass is 10.2. The van der Waals surface area contributed by atoms with Gasteiger partial charge in [0.2, 0.25) is 0 Å². The van der Waals surface area contributed by atoms with Crippen LogP contribution in [0.4, 0.5) is 10.5 Å². The van der Waals surface area contributed by atoms with Gasteiger partial charge >= 0.3 is 6.09 Å². The number of amides is 1. The van der Waals surface area contributed by atoms with Crippen LogP contribution in [0.2, 0.25) is 0 Å². The van der Waals surface area contributed by atoms with E-state index in [1.165, 1.54) is 5.56 Å². The van der Waals surface area contributed by atoms with Crippen LogP contribution in [0.25, 0.3) is 0 Å². The minimum Gasteiger partial charge on any atom is -0.449 e. The van der Waals surface area contributed by atoms with E-state index in [0.29, 0.717) is 6.61 Å². The first-order valence-corrected chi connectivity index (χ1v) is 7.73. The van der Waals surface area contributed by atoms with Crippen molar-refractivity contribution in [3.8, 4) is 0 Å². The van der Waals surface area contributed by atoms with E-state index in [1.807, 2.05) is 69.3 Å². The van der Waals surface area contributed by atoms with Crippen molar-refractivity contribution in [2.45, 2.75) is 34.1 Å². The van der Waals surface area contributed by atoms with Crippen LogP contribution in [0, 0.1) is 6.92 Å². The molecule has 0 aliphatic heterocycles. The average Bonchev–Trinajstić information content (AvgIpc) is 2.57. The Morgan fingerprint density at radius 1 is 0.955 bits per heavy atom. The predicted molar refractivity (Wildman–Crippen MR) is 94.2 cm³/mol. The highest BCUT2D eigenvalue weighted by atomic mass is 16.5. The lowest BCUT2D eigenvalue weighted by Gasteiger charge is -2.04. The molecule has 1 amide bonds. The third-order valence-electron chi connectivity index (χ3n) is 2.40. The number of para-hydroxylation sites is 1. The van der Waals surface area contributed by atoms with Gasteiger partial charge in [0.25, 0.3) is 0 Å². The number of rotatable bonds is 3. The number of benzene rings is 2. The first-order chi connectivity index (χ1) is 10.7. The third-order valence-corrected chi connectivity index (χ3v) is 2.40. The van der Waals surface area contributed by atoms with Crippen molar-refractivity contribution < 1.29 is 9.53 Å². The van der Waals surface area contributed by atoms with Crippen molar-refractivity contribution in [3.05, 3.63) is 66.2 Å². The van der Waals surface area contributed by atoms with E-state index in [9.17, 15) is 4.79 Å². The largest absolute Gasteiger partial charge is 0.449 e. The van der Waals surface area contributed by atoms with Gasteiger partial charge in [-0.05, 0) is 25.5 Å². The van der Waals surface area contributed by atoms with Crippen LogP contribution in [-0.4, -0.2) is 12.7 Å². The zero-order chi connectivity index (χ0) is 16.6. The maximum atomic E-state index is 11.0. The van der Waals surface area contributed by atoms with Gasteiger partial charge in [0.05, 0.1) is 6.61 Å². The molecule has 2 rings (SSSR count). The maximum Gasteiger partial charge on any atom is 0.411 e. The Kier molecular flexibility index (Phi) is 12.3. The fourth-order valence-corrected chi connectivity index (χ4v) is 1.40. The molecule has 0 aliphatic carbocycles. The van der Waals surface area contributed by atoms with Crippen LogP contribution in [0.5, 0.6) is 0 Å². The van der Waals surface area contributed by atoms with Crippen LogP contribution in [0.15, 0.2) is 60.7 Å². The molecule has 0 spiro atoms. The number of hydrogen-bond donors (Lipinski definition) is 1. The highest BCUT2D eigenvalue weighted by Gasteiger charge is 2.00.